The summed E-state index contributed by atoms with van der Waals surface area (Å²) in [5.41, 5.74) is 1.01. The average molecular weight is 307 g/mol. The molecule has 4 rings (SSSR count). The van der Waals surface area contributed by atoms with Crippen LogP contribution in [0.25, 0.3) is 0 Å². The number of fused-ring (bicyclic) bond motifs is 3. The van der Waals surface area contributed by atoms with Gasteiger partial charge in [0.15, 0.2) is 0 Å². The molecule has 4 heteroatoms. The topological polar surface area (TPSA) is 46.6 Å². The van der Waals surface area contributed by atoms with Gasteiger partial charge in [-0.05, 0) is 12.0 Å². The summed E-state index contributed by atoms with van der Waals surface area (Å²) in [6, 6.07) is 16.3. The summed E-state index contributed by atoms with van der Waals surface area (Å²) < 4.78 is 5.90. The molecule has 0 saturated carbocycles. The highest BCUT2D eigenvalue weighted by atomic mass is 16.6. The SMILES string of the molecule is CC(C)[C@H]1C(=O)O[C@]2(c3ccccc3)c3ccccc3C(=O)N12. The Kier molecular flexibility index (Phi) is 2.85. The van der Waals surface area contributed by atoms with Crippen LogP contribution < -0.4 is 0 Å². The molecule has 2 heterocycles. The van der Waals surface area contributed by atoms with Crippen molar-refractivity contribution in [2.45, 2.75) is 25.6 Å². The number of esters is 1. The zero-order valence-corrected chi connectivity index (χ0v) is 13.0. The zero-order chi connectivity index (χ0) is 16.2. The smallest absolute Gasteiger partial charge is 0.331 e. The highest BCUT2D eigenvalue weighted by Crippen LogP contribution is 2.51. The zero-order valence-electron chi connectivity index (χ0n) is 13.0. The van der Waals surface area contributed by atoms with Crippen LogP contribution in [0.1, 0.15) is 35.3 Å². The van der Waals surface area contributed by atoms with Gasteiger partial charge in [-0.3, -0.25) is 9.69 Å². The van der Waals surface area contributed by atoms with E-state index in [4.69, 9.17) is 4.74 Å². The molecule has 0 spiro atoms. The van der Waals surface area contributed by atoms with Crippen LogP contribution >= 0.6 is 0 Å². The van der Waals surface area contributed by atoms with E-state index in [0.717, 1.165) is 11.1 Å². The third-order valence-corrected chi connectivity index (χ3v) is 4.65. The predicted molar refractivity (Wildman–Crippen MR) is 84.6 cm³/mol. The minimum atomic E-state index is -1.14. The van der Waals surface area contributed by atoms with Crippen LogP contribution in [0.3, 0.4) is 0 Å². The van der Waals surface area contributed by atoms with Crippen LogP contribution in [0.2, 0.25) is 0 Å². The summed E-state index contributed by atoms with van der Waals surface area (Å²) in [5.74, 6) is -0.507. The number of benzene rings is 2. The molecule has 2 atom stereocenters. The Balaban J connectivity index is 2.03. The maximum absolute atomic E-state index is 13.0. The number of carbonyl (C=O) groups excluding carboxylic acids is 2. The molecule has 0 aliphatic carbocycles. The molecule has 0 aromatic heterocycles. The highest BCUT2D eigenvalue weighted by Gasteiger charge is 2.63. The van der Waals surface area contributed by atoms with Gasteiger partial charge in [0.25, 0.3) is 5.91 Å². The van der Waals surface area contributed by atoms with E-state index in [0.29, 0.717) is 5.56 Å². The summed E-state index contributed by atoms with van der Waals surface area (Å²) in [6.07, 6.45) is 0. The second-order valence-corrected chi connectivity index (χ2v) is 6.34. The number of hydrogen-bond acceptors (Lipinski definition) is 3. The third-order valence-electron chi connectivity index (χ3n) is 4.65. The quantitative estimate of drug-likeness (QED) is 0.801. The Morgan fingerprint density at radius 2 is 1.65 bits per heavy atom. The number of hydrogen-bond donors (Lipinski definition) is 0. The van der Waals surface area contributed by atoms with Gasteiger partial charge in [0, 0.05) is 16.7 Å². The lowest BCUT2D eigenvalue weighted by atomic mass is 9.93. The molecule has 4 nitrogen and oxygen atoms in total. The summed E-state index contributed by atoms with van der Waals surface area (Å²) in [7, 11) is 0. The van der Waals surface area contributed by atoms with Gasteiger partial charge in [-0.25, -0.2) is 4.79 Å². The van der Waals surface area contributed by atoms with Gasteiger partial charge in [-0.1, -0.05) is 62.4 Å². The minimum Gasteiger partial charge on any atom is -0.428 e. The molecule has 1 saturated heterocycles. The first-order valence-electron chi connectivity index (χ1n) is 7.79. The van der Waals surface area contributed by atoms with Gasteiger partial charge in [-0.2, -0.15) is 0 Å². The molecule has 2 aromatic rings. The number of rotatable bonds is 2. The molecular formula is C19H17NO3. The van der Waals surface area contributed by atoms with E-state index in [1.54, 1.807) is 11.0 Å². The normalized spacial score (nSPS) is 25.5. The lowest BCUT2D eigenvalue weighted by Crippen LogP contribution is -2.46. The van der Waals surface area contributed by atoms with Gasteiger partial charge < -0.3 is 4.74 Å². The Hall–Kier alpha value is -2.62. The maximum Gasteiger partial charge on any atom is 0.331 e. The molecule has 0 N–H and O–H groups in total. The lowest BCUT2D eigenvalue weighted by Gasteiger charge is -2.33. The van der Waals surface area contributed by atoms with E-state index in [1.165, 1.54) is 0 Å². The Morgan fingerprint density at radius 1 is 1.00 bits per heavy atom. The van der Waals surface area contributed by atoms with Crippen LogP contribution in [0, 0.1) is 5.92 Å². The van der Waals surface area contributed by atoms with E-state index < -0.39 is 11.8 Å². The van der Waals surface area contributed by atoms with E-state index in [1.807, 2.05) is 62.4 Å². The van der Waals surface area contributed by atoms with E-state index in [9.17, 15) is 9.59 Å². The molecule has 116 valence electrons. The van der Waals surface area contributed by atoms with Gasteiger partial charge in [0.05, 0.1) is 0 Å². The van der Waals surface area contributed by atoms with E-state index in [2.05, 4.69) is 0 Å². The van der Waals surface area contributed by atoms with Crippen LogP contribution in [-0.4, -0.2) is 22.8 Å². The standard InChI is InChI=1S/C19H17NO3/c1-12(2)16-18(22)23-19(13-8-4-3-5-9-13)15-11-7-6-10-14(15)17(21)20(16)19/h3-12,16H,1-2H3/t16-,19+/m0/s1. The fourth-order valence-corrected chi connectivity index (χ4v) is 3.69. The van der Waals surface area contributed by atoms with E-state index >= 15 is 0 Å². The monoisotopic (exact) mass is 307 g/mol. The first-order valence-corrected chi connectivity index (χ1v) is 7.79. The molecule has 23 heavy (non-hydrogen) atoms. The molecule has 0 radical (unpaired) electrons. The predicted octanol–water partition coefficient (Wildman–Crippen LogP) is 2.92. The van der Waals surface area contributed by atoms with Crippen LogP contribution in [0.4, 0.5) is 0 Å². The van der Waals surface area contributed by atoms with Crippen LogP contribution in [-0.2, 0) is 15.3 Å². The van der Waals surface area contributed by atoms with Crippen molar-refractivity contribution in [2.75, 3.05) is 0 Å². The fourth-order valence-electron chi connectivity index (χ4n) is 3.69. The summed E-state index contributed by atoms with van der Waals surface area (Å²) in [5, 5.41) is 0. The molecule has 2 aliphatic rings. The highest BCUT2D eigenvalue weighted by molar-refractivity contribution is 6.04. The number of ether oxygens (including phenoxy) is 1. The van der Waals surface area contributed by atoms with Crippen molar-refractivity contribution in [1.82, 2.24) is 4.90 Å². The second kappa shape index (κ2) is 4.69. The van der Waals surface area contributed by atoms with Crippen molar-refractivity contribution in [3.8, 4) is 0 Å². The van der Waals surface area contributed by atoms with Crippen molar-refractivity contribution >= 4 is 11.9 Å². The first kappa shape index (κ1) is 14.0. The fraction of sp³-hybridized carbons (Fsp3) is 0.263. The molecule has 1 amide bonds. The minimum absolute atomic E-state index is 0.0219. The second-order valence-electron chi connectivity index (χ2n) is 6.34. The first-order chi connectivity index (χ1) is 11.1. The van der Waals surface area contributed by atoms with Crippen molar-refractivity contribution in [1.29, 1.82) is 0 Å². The van der Waals surface area contributed by atoms with Gasteiger partial charge in [0.1, 0.15) is 6.04 Å². The van der Waals surface area contributed by atoms with Gasteiger partial charge in [0.2, 0.25) is 5.72 Å². The number of nitrogens with zero attached hydrogens (tertiary/aromatic N) is 1. The van der Waals surface area contributed by atoms with Crippen molar-refractivity contribution < 1.29 is 14.3 Å². The van der Waals surface area contributed by atoms with Crippen molar-refractivity contribution in [3.05, 3.63) is 71.3 Å². The lowest BCUT2D eigenvalue weighted by molar-refractivity contribution is -0.149. The van der Waals surface area contributed by atoms with Crippen molar-refractivity contribution in [3.63, 3.8) is 0 Å². The number of carbonyl (C=O) groups is 2. The summed E-state index contributed by atoms with van der Waals surface area (Å²) in [6.45, 7) is 3.87. The van der Waals surface area contributed by atoms with Gasteiger partial charge >= 0.3 is 5.97 Å². The third kappa shape index (κ3) is 1.66. The average Bonchev–Trinajstić information content (AvgIpc) is 3.00. The van der Waals surface area contributed by atoms with Crippen molar-refractivity contribution in [2.24, 2.45) is 5.92 Å². The summed E-state index contributed by atoms with van der Waals surface area (Å²) >= 11 is 0. The Bertz CT molecular complexity index is 799. The van der Waals surface area contributed by atoms with E-state index in [-0.39, 0.29) is 17.8 Å². The maximum atomic E-state index is 13.0. The molecular weight excluding hydrogens is 290 g/mol. The number of amides is 1. The van der Waals surface area contributed by atoms with Crippen LogP contribution in [0.5, 0.6) is 0 Å². The molecule has 0 bridgehead atoms. The van der Waals surface area contributed by atoms with Gasteiger partial charge in [-0.15, -0.1) is 0 Å². The Labute approximate surface area is 134 Å². The largest absolute Gasteiger partial charge is 0.428 e. The summed E-state index contributed by atoms with van der Waals surface area (Å²) in [4.78, 5) is 27.2. The molecule has 2 aromatic carbocycles. The van der Waals surface area contributed by atoms with Crippen LogP contribution in [0.15, 0.2) is 54.6 Å². The molecule has 2 aliphatic heterocycles. The molecule has 0 unspecified atom stereocenters. The molecule has 1 fully saturated rings. The Morgan fingerprint density at radius 3 is 2.35 bits per heavy atom.